The molecule has 0 atom stereocenters. The SMILES string of the molecule is CCCS(=O)(=O)N1CCC(N2C(=O)c3cccnc3C2=O)CC1. The first-order chi connectivity index (χ1) is 11.0. The van der Waals surface area contributed by atoms with E-state index in [0.29, 0.717) is 37.9 Å². The van der Waals surface area contributed by atoms with E-state index in [9.17, 15) is 18.0 Å². The topological polar surface area (TPSA) is 87.7 Å². The van der Waals surface area contributed by atoms with Crippen LogP contribution in [0.4, 0.5) is 0 Å². The molecule has 3 rings (SSSR count). The van der Waals surface area contributed by atoms with Crippen LogP contribution in [0.2, 0.25) is 0 Å². The Hall–Kier alpha value is -1.80. The number of fused-ring (bicyclic) bond motifs is 1. The number of amides is 2. The van der Waals surface area contributed by atoms with Gasteiger partial charge in [-0.1, -0.05) is 6.92 Å². The minimum atomic E-state index is -3.23. The highest BCUT2D eigenvalue weighted by atomic mass is 32.2. The summed E-state index contributed by atoms with van der Waals surface area (Å²) in [7, 11) is -3.23. The predicted octanol–water partition coefficient (Wildman–Crippen LogP) is 0.882. The molecule has 1 aromatic rings. The van der Waals surface area contributed by atoms with Crippen LogP contribution in [-0.2, 0) is 10.0 Å². The van der Waals surface area contributed by atoms with Crippen molar-refractivity contribution in [2.45, 2.75) is 32.2 Å². The first-order valence-corrected chi connectivity index (χ1v) is 9.37. The molecule has 0 bridgehead atoms. The Balaban J connectivity index is 1.72. The Morgan fingerprint density at radius 2 is 1.91 bits per heavy atom. The maximum Gasteiger partial charge on any atom is 0.280 e. The van der Waals surface area contributed by atoms with E-state index in [1.807, 2.05) is 6.92 Å². The Morgan fingerprint density at radius 1 is 1.22 bits per heavy atom. The van der Waals surface area contributed by atoms with E-state index in [1.54, 1.807) is 12.1 Å². The molecule has 0 aliphatic carbocycles. The van der Waals surface area contributed by atoms with Gasteiger partial charge in [0.2, 0.25) is 10.0 Å². The fourth-order valence-corrected chi connectivity index (χ4v) is 4.72. The highest BCUT2D eigenvalue weighted by molar-refractivity contribution is 7.89. The van der Waals surface area contributed by atoms with E-state index < -0.39 is 10.0 Å². The van der Waals surface area contributed by atoms with Gasteiger partial charge in [-0.3, -0.25) is 19.5 Å². The molecular weight excluding hydrogens is 318 g/mol. The molecule has 1 fully saturated rings. The normalized spacial score (nSPS) is 20.1. The van der Waals surface area contributed by atoms with Gasteiger partial charge in [0.05, 0.1) is 11.3 Å². The molecule has 0 unspecified atom stereocenters. The molecule has 0 spiro atoms. The van der Waals surface area contributed by atoms with Crippen molar-refractivity contribution in [1.82, 2.24) is 14.2 Å². The fraction of sp³-hybridized carbons (Fsp3) is 0.533. The zero-order valence-corrected chi connectivity index (χ0v) is 13.8. The lowest BCUT2D eigenvalue weighted by Crippen LogP contribution is -2.49. The lowest BCUT2D eigenvalue weighted by atomic mass is 10.1. The van der Waals surface area contributed by atoms with Crippen molar-refractivity contribution in [3.05, 3.63) is 29.6 Å². The monoisotopic (exact) mass is 337 g/mol. The Bertz CT molecular complexity index is 704. The first kappa shape index (κ1) is 16.1. The van der Waals surface area contributed by atoms with Gasteiger partial charge >= 0.3 is 0 Å². The molecule has 3 heterocycles. The summed E-state index contributed by atoms with van der Waals surface area (Å²) in [6.07, 6.45) is 3.00. The zero-order chi connectivity index (χ0) is 16.6. The quantitative estimate of drug-likeness (QED) is 0.761. The predicted molar refractivity (Wildman–Crippen MR) is 83.4 cm³/mol. The number of hydrogen-bond acceptors (Lipinski definition) is 5. The first-order valence-electron chi connectivity index (χ1n) is 7.76. The number of nitrogens with zero attached hydrogens (tertiary/aromatic N) is 3. The second kappa shape index (κ2) is 6.01. The summed E-state index contributed by atoms with van der Waals surface area (Å²) in [5.74, 6) is -0.567. The maximum absolute atomic E-state index is 12.4. The van der Waals surface area contributed by atoms with Crippen LogP contribution < -0.4 is 0 Å². The third-order valence-corrected chi connectivity index (χ3v) is 6.40. The molecule has 0 N–H and O–H groups in total. The van der Waals surface area contributed by atoms with Gasteiger partial charge in [-0.05, 0) is 31.4 Å². The molecule has 2 aliphatic heterocycles. The number of aromatic nitrogens is 1. The third-order valence-electron chi connectivity index (χ3n) is 4.32. The van der Waals surface area contributed by atoms with Gasteiger partial charge in [-0.2, -0.15) is 0 Å². The Kier molecular flexibility index (Phi) is 4.20. The lowest BCUT2D eigenvalue weighted by molar-refractivity contribution is 0.0534. The summed E-state index contributed by atoms with van der Waals surface area (Å²) >= 11 is 0. The summed E-state index contributed by atoms with van der Waals surface area (Å²) in [6.45, 7) is 2.51. The summed E-state index contributed by atoms with van der Waals surface area (Å²) in [5.41, 5.74) is 0.525. The van der Waals surface area contributed by atoms with Crippen molar-refractivity contribution in [3.63, 3.8) is 0 Å². The Labute approximate surface area is 135 Å². The fourth-order valence-electron chi connectivity index (χ4n) is 3.18. The van der Waals surface area contributed by atoms with Crippen molar-refractivity contribution >= 4 is 21.8 Å². The largest absolute Gasteiger partial charge is 0.280 e. The van der Waals surface area contributed by atoms with Crippen LogP contribution in [0.25, 0.3) is 0 Å². The molecule has 8 heteroatoms. The van der Waals surface area contributed by atoms with Crippen molar-refractivity contribution in [3.8, 4) is 0 Å². The molecule has 124 valence electrons. The second-order valence-corrected chi connectivity index (χ2v) is 7.91. The second-order valence-electron chi connectivity index (χ2n) is 5.83. The number of pyridine rings is 1. The van der Waals surface area contributed by atoms with Crippen molar-refractivity contribution in [1.29, 1.82) is 0 Å². The van der Waals surface area contributed by atoms with Gasteiger partial charge in [0.25, 0.3) is 11.8 Å². The molecular formula is C15H19N3O4S. The van der Waals surface area contributed by atoms with Crippen molar-refractivity contribution in [2.75, 3.05) is 18.8 Å². The number of rotatable bonds is 4. The highest BCUT2D eigenvalue weighted by Crippen LogP contribution is 2.28. The van der Waals surface area contributed by atoms with Crippen molar-refractivity contribution < 1.29 is 18.0 Å². The summed E-state index contributed by atoms with van der Waals surface area (Å²) in [6, 6.07) is 2.97. The molecule has 0 aromatic carbocycles. The van der Waals surface area contributed by atoms with E-state index >= 15 is 0 Å². The smallest absolute Gasteiger partial charge is 0.270 e. The minimum absolute atomic E-state index is 0.134. The molecule has 0 saturated carbocycles. The van der Waals surface area contributed by atoms with E-state index in [-0.39, 0.29) is 29.3 Å². The van der Waals surface area contributed by atoms with E-state index in [0.717, 1.165) is 0 Å². The van der Waals surface area contributed by atoms with Crippen LogP contribution in [0.1, 0.15) is 47.0 Å². The van der Waals surface area contributed by atoms with Crippen LogP contribution in [0, 0.1) is 0 Å². The average molecular weight is 337 g/mol. The summed E-state index contributed by atoms with van der Waals surface area (Å²) in [5, 5.41) is 0. The van der Waals surface area contributed by atoms with E-state index in [4.69, 9.17) is 0 Å². The van der Waals surface area contributed by atoms with Gasteiger partial charge in [0, 0.05) is 25.3 Å². The summed E-state index contributed by atoms with van der Waals surface area (Å²) < 4.78 is 25.6. The molecule has 23 heavy (non-hydrogen) atoms. The van der Waals surface area contributed by atoms with Crippen molar-refractivity contribution in [2.24, 2.45) is 0 Å². The van der Waals surface area contributed by atoms with E-state index in [2.05, 4.69) is 4.98 Å². The van der Waals surface area contributed by atoms with Gasteiger partial charge < -0.3 is 0 Å². The standard InChI is InChI=1S/C15H19N3O4S/c1-2-10-23(21,22)17-8-5-11(6-9-17)18-14(19)12-4-3-7-16-13(12)15(18)20/h3-4,7,11H,2,5-6,8-10H2,1H3. The van der Waals surface area contributed by atoms with Crippen LogP contribution in [0.5, 0.6) is 0 Å². The van der Waals surface area contributed by atoms with Crippen LogP contribution >= 0.6 is 0 Å². The molecule has 1 aromatic heterocycles. The molecule has 7 nitrogen and oxygen atoms in total. The van der Waals surface area contributed by atoms with Gasteiger partial charge in [0.1, 0.15) is 5.69 Å². The van der Waals surface area contributed by atoms with Gasteiger partial charge in [-0.25, -0.2) is 12.7 Å². The highest BCUT2D eigenvalue weighted by Gasteiger charge is 2.42. The number of piperidine rings is 1. The average Bonchev–Trinajstić information content (AvgIpc) is 2.79. The molecule has 0 radical (unpaired) electrons. The van der Waals surface area contributed by atoms with Gasteiger partial charge in [0.15, 0.2) is 0 Å². The van der Waals surface area contributed by atoms with Crippen LogP contribution in [0.15, 0.2) is 18.3 Å². The number of imide groups is 1. The molecule has 2 aliphatic rings. The lowest BCUT2D eigenvalue weighted by Gasteiger charge is -2.34. The Morgan fingerprint density at radius 3 is 2.52 bits per heavy atom. The number of carbonyl (C=O) groups is 2. The third kappa shape index (κ3) is 2.76. The number of carbonyl (C=O) groups excluding carboxylic acids is 2. The molecule has 1 saturated heterocycles. The van der Waals surface area contributed by atoms with Gasteiger partial charge in [-0.15, -0.1) is 0 Å². The molecule has 2 amide bonds. The summed E-state index contributed by atoms with van der Waals surface area (Å²) in [4.78, 5) is 30.1. The van der Waals surface area contributed by atoms with E-state index in [1.165, 1.54) is 15.4 Å². The van der Waals surface area contributed by atoms with Crippen LogP contribution in [-0.4, -0.2) is 59.3 Å². The van der Waals surface area contributed by atoms with Crippen LogP contribution in [0.3, 0.4) is 0 Å². The number of hydrogen-bond donors (Lipinski definition) is 0. The minimum Gasteiger partial charge on any atom is -0.270 e. The zero-order valence-electron chi connectivity index (χ0n) is 12.9. The maximum atomic E-state index is 12.4. The number of sulfonamides is 1.